The zero-order valence-corrected chi connectivity index (χ0v) is 12.1. The van der Waals surface area contributed by atoms with Gasteiger partial charge in [-0.3, -0.25) is 4.79 Å². The van der Waals surface area contributed by atoms with Crippen LogP contribution in [0.25, 0.3) is 0 Å². The fourth-order valence-electron chi connectivity index (χ4n) is 2.12. The summed E-state index contributed by atoms with van der Waals surface area (Å²) in [5.41, 5.74) is 0.136. The smallest absolute Gasteiger partial charge is 0.203 e. The van der Waals surface area contributed by atoms with Crippen molar-refractivity contribution in [3.63, 3.8) is 0 Å². The number of carbonyl (C=O) groups is 1. The van der Waals surface area contributed by atoms with Crippen molar-refractivity contribution in [3.05, 3.63) is 53.1 Å². The maximum Gasteiger partial charge on any atom is 0.203 e. The first kappa shape index (κ1) is 16.1. The second kappa shape index (κ2) is 6.38. The lowest BCUT2D eigenvalue weighted by Crippen LogP contribution is -2.17. The summed E-state index contributed by atoms with van der Waals surface area (Å²) in [4.78, 5) is 12.0. The molecule has 0 N–H and O–H groups in total. The Balaban J connectivity index is 1.77. The van der Waals surface area contributed by atoms with E-state index in [1.807, 2.05) is 0 Å². The largest absolute Gasteiger partial charge is 0.486 e. The highest BCUT2D eigenvalue weighted by Gasteiger charge is 2.22. The summed E-state index contributed by atoms with van der Waals surface area (Å²) in [5, 5.41) is 0. The average Bonchev–Trinajstić information content (AvgIpc) is 2.59. The van der Waals surface area contributed by atoms with E-state index in [1.165, 1.54) is 18.2 Å². The molecule has 1 aliphatic rings. The van der Waals surface area contributed by atoms with Crippen molar-refractivity contribution >= 4 is 5.78 Å². The maximum atomic E-state index is 13.5. The summed E-state index contributed by atoms with van der Waals surface area (Å²) in [6.07, 6.45) is 0. The lowest BCUT2D eigenvalue weighted by molar-refractivity contribution is 0.0912. The second-order valence-electron chi connectivity index (χ2n) is 4.87. The van der Waals surface area contributed by atoms with Gasteiger partial charge < -0.3 is 14.2 Å². The van der Waals surface area contributed by atoms with Crippen LogP contribution in [0.4, 0.5) is 17.6 Å². The fourth-order valence-corrected chi connectivity index (χ4v) is 2.12. The first-order valence-electron chi connectivity index (χ1n) is 6.86. The van der Waals surface area contributed by atoms with Crippen LogP contribution < -0.4 is 14.2 Å². The SMILES string of the molecule is O=C(COc1c(F)c(F)cc(F)c1F)c1ccc2c(c1)OCCO2. The highest BCUT2D eigenvalue weighted by molar-refractivity contribution is 5.97. The van der Waals surface area contributed by atoms with Crippen molar-refractivity contribution in [1.82, 2.24) is 0 Å². The molecular weight excluding hydrogens is 332 g/mol. The standard InChI is InChI=1S/C16H10F4O4/c17-9-6-10(18)15(20)16(14(9)19)24-7-11(21)8-1-2-12-13(5-8)23-4-3-22-12/h1-2,5-6H,3-4,7H2. The van der Waals surface area contributed by atoms with Gasteiger partial charge in [0.1, 0.15) is 13.2 Å². The maximum absolute atomic E-state index is 13.5. The van der Waals surface area contributed by atoms with Crippen LogP contribution in [0.5, 0.6) is 17.2 Å². The number of rotatable bonds is 4. The van der Waals surface area contributed by atoms with E-state index in [2.05, 4.69) is 4.74 Å². The van der Waals surface area contributed by atoms with Gasteiger partial charge in [0.15, 0.2) is 41.3 Å². The first-order valence-corrected chi connectivity index (χ1v) is 6.86. The molecule has 2 aromatic rings. The average molecular weight is 342 g/mol. The lowest BCUT2D eigenvalue weighted by Gasteiger charge is -2.18. The molecule has 0 atom stereocenters. The summed E-state index contributed by atoms with van der Waals surface area (Å²) in [5.74, 6) is -7.77. The molecule has 0 saturated heterocycles. The van der Waals surface area contributed by atoms with Crippen LogP contribution in [0, 0.1) is 23.3 Å². The van der Waals surface area contributed by atoms with Crippen molar-refractivity contribution in [2.75, 3.05) is 19.8 Å². The number of Topliss-reactive ketones (excluding diaryl/α,β-unsaturated/α-hetero) is 1. The molecule has 3 rings (SSSR count). The first-order chi connectivity index (χ1) is 11.5. The highest BCUT2D eigenvalue weighted by Crippen LogP contribution is 2.31. The van der Waals surface area contributed by atoms with Gasteiger partial charge in [0.25, 0.3) is 0 Å². The predicted octanol–water partition coefficient (Wildman–Crippen LogP) is 3.28. The molecule has 0 aromatic heterocycles. The summed E-state index contributed by atoms with van der Waals surface area (Å²) < 4.78 is 68.3. The molecule has 0 saturated carbocycles. The Morgan fingerprint density at radius 3 is 2.25 bits per heavy atom. The Morgan fingerprint density at radius 1 is 0.958 bits per heavy atom. The number of hydrogen-bond donors (Lipinski definition) is 0. The van der Waals surface area contributed by atoms with Crippen molar-refractivity contribution in [3.8, 4) is 17.2 Å². The minimum absolute atomic E-state index is 0.0557. The van der Waals surface area contributed by atoms with E-state index >= 15 is 0 Å². The molecule has 1 heterocycles. The van der Waals surface area contributed by atoms with Crippen LogP contribution in [0.2, 0.25) is 0 Å². The molecular formula is C16H10F4O4. The Bertz CT molecular complexity index is 781. The van der Waals surface area contributed by atoms with Crippen LogP contribution in [-0.2, 0) is 0 Å². The lowest BCUT2D eigenvalue weighted by atomic mass is 10.1. The molecule has 4 nitrogen and oxygen atoms in total. The molecule has 0 aliphatic carbocycles. The van der Waals surface area contributed by atoms with E-state index in [1.54, 1.807) is 0 Å². The third kappa shape index (κ3) is 2.99. The third-order valence-corrected chi connectivity index (χ3v) is 3.28. The molecule has 0 fully saturated rings. The van der Waals surface area contributed by atoms with Crippen molar-refractivity contribution < 1.29 is 36.6 Å². The van der Waals surface area contributed by atoms with E-state index in [9.17, 15) is 22.4 Å². The van der Waals surface area contributed by atoms with Crippen molar-refractivity contribution in [2.45, 2.75) is 0 Å². The van der Waals surface area contributed by atoms with Gasteiger partial charge in [-0.1, -0.05) is 0 Å². The predicted molar refractivity (Wildman–Crippen MR) is 73.5 cm³/mol. The van der Waals surface area contributed by atoms with E-state index < -0.39 is 41.4 Å². The molecule has 0 unspecified atom stereocenters. The monoisotopic (exact) mass is 342 g/mol. The minimum atomic E-state index is -1.70. The summed E-state index contributed by atoms with van der Waals surface area (Å²) in [6, 6.07) is 4.36. The van der Waals surface area contributed by atoms with Crippen LogP contribution in [0.3, 0.4) is 0 Å². The molecule has 24 heavy (non-hydrogen) atoms. The number of halogens is 4. The Morgan fingerprint density at radius 2 is 1.58 bits per heavy atom. The Kier molecular flexibility index (Phi) is 4.28. The molecule has 126 valence electrons. The minimum Gasteiger partial charge on any atom is -0.486 e. The zero-order chi connectivity index (χ0) is 17.3. The Hall–Kier alpha value is -2.77. The fraction of sp³-hybridized carbons (Fsp3) is 0.188. The summed E-state index contributed by atoms with van der Waals surface area (Å²) in [6.45, 7) is -0.108. The highest BCUT2D eigenvalue weighted by atomic mass is 19.2. The van der Waals surface area contributed by atoms with Gasteiger partial charge in [0.2, 0.25) is 11.6 Å². The van der Waals surface area contributed by atoms with Gasteiger partial charge in [-0.2, -0.15) is 8.78 Å². The summed E-state index contributed by atoms with van der Waals surface area (Å²) in [7, 11) is 0. The second-order valence-corrected chi connectivity index (χ2v) is 4.87. The summed E-state index contributed by atoms with van der Waals surface area (Å²) >= 11 is 0. The van der Waals surface area contributed by atoms with Gasteiger partial charge in [-0.25, -0.2) is 8.78 Å². The van der Waals surface area contributed by atoms with Gasteiger partial charge >= 0.3 is 0 Å². The van der Waals surface area contributed by atoms with Crippen molar-refractivity contribution in [2.24, 2.45) is 0 Å². The van der Waals surface area contributed by atoms with Crippen LogP contribution in [-0.4, -0.2) is 25.6 Å². The molecule has 0 radical (unpaired) electrons. The van der Waals surface area contributed by atoms with Gasteiger partial charge in [0, 0.05) is 11.6 Å². The van der Waals surface area contributed by atoms with Crippen LogP contribution >= 0.6 is 0 Å². The van der Waals surface area contributed by atoms with Gasteiger partial charge in [-0.15, -0.1) is 0 Å². The third-order valence-electron chi connectivity index (χ3n) is 3.28. The number of carbonyl (C=O) groups excluding carboxylic acids is 1. The normalized spacial score (nSPS) is 12.8. The van der Waals surface area contributed by atoms with Gasteiger partial charge in [0.05, 0.1) is 0 Å². The number of ketones is 1. The number of fused-ring (bicyclic) bond motifs is 1. The molecule has 0 spiro atoms. The molecule has 8 heteroatoms. The number of ether oxygens (including phenoxy) is 3. The van der Waals surface area contributed by atoms with Crippen LogP contribution in [0.15, 0.2) is 24.3 Å². The quantitative estimate of drug-likeness (QED) is 0.486. The number of benzene rings is 2. The van der Waals surface area contributed by atoms with E-state index in [0.717, 1.165) is 0 Å². The van der Waals surface area contributed by atoms with Crippen LogP contribution in [0.1, 0.15) is 10.4 Å². The molecule has 1 aliphatic heterocycles. The molecule has 2 aromatic carbocycles. The van der Waals surface area contributed by atoms with E-state index in [4.69, 9.17) is 9.47 Å². The van der Waals surface area contributed by atoms with Crippen molar-refractivity contribution in [1.29, 1.82) is 0 Å². The van der Waals surface area contributed by atoms with E-state index in [0.29, 0.717) is 24.7 Å². The van der Waals surface area contributed by atoms with Gasteiger partial charge in [-0.05, 0) is 18.2 Å². The zero-order valence-electron chi connectivity index (χ0n) is 12.1. The topological polar surface area (TPSA) is 44.8 Å². The Labute approximate surface area is 133 Å². The molecule has 0 amide bonds. The molecule has 0 bridgehead atoms. The number of hydrogen-bond acceptors (Lipinski definition) is 4. The van der Waals surface area contributed by atoms with E-state index in [-0.39, 0.29) is 11.6 Å².